The van der Waals surface area contributed by atoms with E-state index in [-0.39, 0.29) is 11.4 Å². The molecular weight excluding hydrogens is 225 g/mol. The molecular formula is C9H7ClFNO3. The molecule has 0 unspecified atom stereocenters. The number of hydrogen-bond donors (Lipinski definition) is 0. The van der Waals surface area contributed by atoms with Crippen LogP contribution in [0.5, 0.6) is 0 Å². The van der Waals surface area contributed by atoms with E-state index in [0.29, 0.717) is 5.56 Å². The summed E-state index contributed by atoms with van der Waals surface area (Å²) >= 11 is 5.32. The van der Waals surface area contributed by atoms with Gasteiger partial charge in [0.1, 0.15) is 0 Å². The molecule has 6 heteroatoms. The molecule has 0 spiro atoms. The van der Waals surface area contributed by atoms with Gasteiger partial charge in [-0.1, -0.05) is 0 Å². The van der Waals surface area contributed by atoms with Crippen molar-refractivity contribution in [2.24, 2.45) is 0 Å². The van der Waals surface area contributed by atoms with Crippen LogP contribution >= 0.6 is 11.6 Å². The van der Waals surface area contributed by atoms with Crippen molar-refractivity contribution in [3.63, 3.8) is 0 Å². The normalized spacial score (nSPS) is 10.1. The second kappa shape index (κ2) is 4.35. The number of ketones is 1. The number of hydrogen-bond acceptors (Lipinski definition) is 3. The second-order valence-electron chi connectivity index (χ2n) is 2.93. The van der Waals surface area contributed by atoms with Gasteiger partial charge in [-0.05, 0) is 18.6 Å². The first-order valence-corrected chi connectivity index (χ1v) is 4.54. The topological polar surface area (TPSA) is 60.2 Å². The van der Waals surface area contributed by atoms with Crippen LogP contribution < -0.4 is 0 Å². The summed E-state index contributed by atoms with van der Waals surface area (Å²) in [5.41, 5.74) is -0.295. The lowest BCUT2D eigenvalue weighted by Crippen LogP contribution is -2.05. The quantitative estimate of drug-likeness (QED) is 0.347. The Hall–Kier alpha value is -1.49. The van der Waals surface area contributed by atoms with E-state index in [1.807, 2.05) is 0 Å². The van der Waals surface area contributed by atoms with Crippen LogP contribution in [0.25, 0.3) is 0 Å². The fraction of sp³-hybridized carbons (Fsp3) is 0.222. The smallest absolute Gasteiger partial charge is 0.293 e. The minimum Gasteiger partial charge on any atom is -0.293 e. The van der Waals surface area contributed by atoms with E-state index in [2.05, 4.69) is 0 Å². The Morgan fingerprint density at radius 3 is 2.67 bits per heavy atom. The van der Waals surface area contributed by atoms with Crippen molar-refractivity contribution in [1.82, 2.24) is 0 Å². The highest BCUT2D eigenvalue weighted by Gasteiger charge is 2.19. The molecule has 15 heavy (non-hydrogen) atoms. The molecule has 0 heterocycles. The van der Waals surface area contributed by atoms with Crippen LogP contribution in [0.2, 0.25) is 0 Å². The fourth-order valence-corrected chi connectivity index (χ4v) is 1.32. The van der Waals surface area contributed by atoms with Gasteiger partial charge in [0.15, 0.2) is 5.78 Å². The maximum atomic E-state index is 13.1. The minimum atomic E-state index is -0.955. The van der Waals surface area contributed by atoms with Gasteiger partial charge in [0.25, 0.3) is 0 Å². The van der Waals surface area contributed by atoms with E-state index in [1.165, 1.54) is 6.92 Å². The van der Waals surface area contributed by atoms with Crippen molar-refractivity contribution in [2.75, 3.05) is 5.88 Å². The number of carbonyl (C=O) groups is 1. The first-order chi connectivity index (χ1) is 6.97. The zero-order valence-electron chi connectivity index (χ0n) is 7.79. The molecule has 4 nitrogen and oxygen atoms in total. The lowest BCUT2D eigenvalue weighted by Gasteiger charge is -2.03. The standard InChI is InChI=1S/C9H7ClFNO3/c1-5-2-7(11)8(12(14)15)3-6(5)9(13)4-10/h2-3H,4H2,1H3. The third-order valence-corrected chi connectivity index (χ3v) is 2.16. The van der Waals surface area contributed by atoms with Gasteiger partial charge in [-0.3, -0.25) is 14.9 Å². The lowest BCUT2D eigenvalue weighted by molar-refractivity contribution is -0.387. The second-order valence-corrected chi connectivity index (χ2v) is 3.20. The van der Waals surface area contributed by atoms with Crippen molar-refractivity contribution in [3.8, 4) is 0 Å². The van der Waals surface area contributed by atoms with Crippen LogP contribution in [0, 0.1) is 22.9 Å². The predicted octanol–water partition coefficient (Wildman–Crippen LogP) is 2.46. The molecule has 1 rings (SSSR count). The molecule has 0 saturated heterocycles. The van der Waals surface area contributed by atoms with Crippen LogP contribution in [-0.4, -0.2) is 16.6 Å². The van der Waals surface area contributed by atoms with E-state index in [0.717, 1.165) is 12.1 Å². The van der Waals surface area contributed by atoms with Gasteiger partial charge in [0.05, 0.1) is 10.8 Å². The minimum absolute atomic E-state index is 0.0816. The number of halogens is 2. The summed E-state index contributed by atoms with van der Waals surface area (Å²) in [4.78, 5) is 20.8. The number of alkyl halides is 1. The first-order valence-electron chi connectivity index (χ1n) is 4.01. The summed E-state index contributed by atoms with van der Waals surface area (Å²) in [5.74, 6) is -1.70. The average Bonchev–Trinajstić information content (AvgIpc) is 2.16. The van der Waals surface area contributed by atoms with Gasteiger partial charge < -0.3 is 0 Å². The van der Waals surface area contributed by atoms with Crippen LogP contribution in [0.4, 0.5) is 10.1 Å². The van der Waals surface area contributed by atoms with Crippen LogP contribution in [0.3, 0.4) is 0 Å². The van der Waals surface area contributed by atoms with Crippen molar-refractivity contribution >= 4 is 23.1 Å². The molecule has 1 aromatic carbocycles. The Balaban J connectivity index is 3.36. The van der Waals surface area contributed by atoms with Crippen molar-refractivity contribution in [3.05, 3.63) is 39.2 Å². The number of nitro benzene ring substituents is 1. The number of benzene rings is 1. The zero-order chi connectivity index (χ0) is 11.6. The third-order valence-electron chi connectivity index (χ3n) is 1.91. The molecule has 0 aliphatic rings. The van der Waals surface area contributed by atoms with Gasteiger partial charge in [-0.25, -0.2) is 0 Å². The van der Waals surface area contributed by atoms with E-state index in [9.17, 15) is 19.3 Å². The molecule has 0 aliphatic heterocycles. The molecule has 0 amide bonds. The van der Waals surface area contributed by atoms with Crippen molar-refractivity contribution < 1.29 is 14.1 Å². The molecule has 80 valence electrons. The molecule has 0 radical (unpaired) electrons. The monoisotopic (exact) mass is 231 g/mol. The number of nitrogens with zero attached hydrogens (tertiary/aromatic N) is 1. The number of Topliss-reactive ketones (excluding diaryl/α,β-unsaturated/α-hetero) is 1. The summed E-state index contributed by atoms with van der Waals surface area (Å²) in [6.07, 6.45) is 0. The van der Waals surface area contributed by atoms with Crippen molar-refractivity contribution in [2.45, 2.75) is 6.92 Å². The third kappa shape index (κ3) is 2.30. The highest BCUT2D eigenvalue weighted by molar-refractivity contribution is 6.30. The van der Waals surface area contributed by atoms with Gasteiger partial charge in [0.2, 0.25) is 5.82 Å². The number of carbonyl (C=O) groups excluding carboxylic acids is 1. The molecule has 0 aromatic heterocycles. The van der Waals surface area contributed by atoms with E-state index < -0.39 is 22.2 Å². The molecule has 0 bridgehead atoms. The van der Waals surface area contributed by atoms with E-state index >= 15 is 0 Å². The Morgan fingerprint density at radius 1 is 1.60 bits per heavy atom. The Morgan fingerprint density at radius 2 is 2.20 bits per heavy atom. The lowest BCUT2D eigenvalue weighted by atomic mass is 10.0. The average molecular weight is 232 g/mol. The Bertz CT molecular complexity index is 434. The van der Waals surface area contributed by atoms with E-state index in [1.54, 1.807) is 0 Å². The molecule has 0 aliphatic carbocycles. The van der Waals surface area contributed by atoms with Crippen LogP contribution in [-0.2, 0) is 0 Å². The van der Waals surface area contributed by atoms with Crippen LogP contribution in [0.1, 0.15) is 15.9 Å². The van der Waals surface area contributed by atoms with Crippen LogP contribution in [0.15, 0.2) is 12.1 Å². The predicted molar refractivity (Wildman–Crippen MR) is 52.8 cm³/mol. The van der Waals surface area contributed by atoms with Gasteiger partial charge in [-0.15, -0.1) is 11.6 Å². The van der Waals surface area contributed by atoms with Gasteiger partial charge in [0, 0.05) is 11.6 Å². The highest BCUT2D eigenvalue weighted by atomic mass is 35.5. The Labute approximate surface area is 89.8 Å². The Kier molecular flexibility index (Phi) is 3.36. The summed E-state index contributed by atoms with van der Waals surface area (Å²) in [6.45, 7) is 1.49. The fourth-order valence-electron chi connectivity index (χ4n) is 1.17. The maximum absolute atomic E-state index is 13.1. The van der Waals surface area contributed by atoms with Crippen molar-refractivity contribution in [1.29, 1.82) is 0 Å². The SMILES string of the molecule is Cc1cc(F)c([N+](=O)[O-])cc1C(=O)CCl. The zero-order valence-corrected chi connectivity index (χ0v) is 8.55. The van der Waals surface area contributed by atoms with Gasteiger partial charge in [-0.2, -0.15) is 4.39 Å². The number of aryl methyl sites for hydroxylation is 1. The first kappa shape index (κ1) is 11.6. The molecule has 0 fully saturated rings. The summed E-state index contributed by atoms with van der Waals surface area (Å²) in [6, 6.07) is 1.87. The molecule has 1 aromatic rings. The largest absolute Gasteiger partial charge is 0.305 e. The molecule has 0 atom stereocenters. The van der Waals surface area contributed by atoms with E-state index in [4.69, 9.17) is 11.6 Å². The number of nitro groups is 1. The molecule has 0 saturated carbocycles. The summed E-state index contributed by atoms with van der Waals surface area (Å²) < 4.78 is 13.1. The maximum Gasteiger partial charge on any atom is 0.305 e. The summed E-state index contributed by atoms with van der Waals surface area (Å²) in [5, 5.41) is 10.4. The highest BCUT2D eigenvalue weighted by Crippen LogP contribution is 2.22. The molecule has 0 N–H and O–H groups in total. The van der Waals surface area contributed by atoms with Gasteiger partial charge >= 0.3 is 5.69 Å². The summed E-state index contributed by atoms with van der Waals surface area (Å²) in [7, 11) is 0. The number of rotatable bonds is 3.